The number of aryl methyl sites for hydroxylation is 2. The van der Waals surface area contributed by atoms with Gasteiger partial charge in [0.15, 0.2) is 0 Å². The highest BCUT2D eigenvalue weighted by Gasteiger charge is 2.38. The SMILES string of the molecule is Cc1ccc(N2CCC(C(=O)NCC3CC3)C2=O)cc1C. The Labute approximate surface area is 125 Å². The number of amides is 2. The third kappa shape index (κ3) is 2.94. The number of benzene rings is 1. The zero-order chi connectivity index (χ0) is 15.0. The van der Waals surface area contributed by atoms with Gasteiger partial charge in [0, 0.05) is 18.8 Å². The van der Waals surface area contributed by atoms with Gasteiger partial charge in [-0.1, -0.05) is 6.07 Å². The zero-order valence-electron chi connectivity index (χ0n) is 12.7. The smallest absolute Gasteiger partial charge is 0.239 e. The first kappa shape index (κ1) is 14.1. The summed E-state index contributed by atoms with van der Waals surface area (Å²) >= 11 is 0. The highest BCUT2D eigenvalue weighted by molar-refractivity contribution is 6.09. The van der Waals surface area contributed by atoms with Crippen LogP contribution in [0.2, 0.25) is 0 Å². The number of nitrogens with zero attached hydrogens (tertiary/aromatic N) is 1. The largest absolute Gasteiger partial charge is 0.355 e. The first-order chi connectivity index (χ1) is 10.1. The van der Waals surface area contributed by atoms with E-state index >= 15 is 0 Å². The highest BCUT2D eigenvalue weighted by Crippen LogP contribution is 2.29. The molecule has 0 spiro atoms. The van der Waals surface area contributed by atoms with Crippen molar-refractivity contribution in [3.8, 4) is 0 Å². The summed E-state index contributed by atoms with van der Waals surface area (Å²) in [5.41, 5.74) is 3.28. The van der Waals surface area contributed by atoms with Gasteiger partial charge in [0.2, 0.25) is 11.8 Å². The maximum Gasteiger partial charge on any atom is 0.239 e. The average molecular weight is 286 g/mol. The van der Waals surface area contributed by atoms with Crippen LogP contribution in [0.4, 0.5) is 5.69 Å². The molecule has 1 saturated carbocycles. The summed E-state index contributed by atoms with van der Waals surface area (Å²) in [6, 6.07) is 6.01. The van der Waals surface area contributed by atoms with Crippen LogP contribution in [0.3, 0.4) is 0 Å². The molecule has 0 bridgehead atoms. The molecule has 1 saturated heterocycles. The van der Waals surface area contributed by atoms with Crippen LogP contribution in [0.5, 0.6) is 0 Å². The molecular formula is C17H22N2O2. The van der Waals surface area contributed by atoms with Crippen LogP contribution in [0.25, 0.3) is 0 Å². The predicted octanol–water partition coefficient (Wildman–Crippen LogP) is 2.18. The van der Waals surface area contributed by atoms with Gasteiger partial charge in [0.05, 0.1) is 0 Å². The van der Waals surface area contributed by atoms with Gasteiger partial charge in [-0.15, -0.1) is 0 Å². The normalized spacial score (nSPS) is 21.7. The lowest BCUT2D eigenvalue weighted by molar-refractivity contribution is -0.132. The molecule has 1 unspecified atom stereocenters. The summed E-state index contributed by atoms with van der Waals surface area (Å²) in [6.07, 6.45) is 3.02. The molecule has 0 aromatic heterocycles. The Morgan fingerprint density at radius 3 is 2.67 bits per heavy atom. The van der Waals surface area contributed by atoms with E-state index in [1.165, 1.54) is 24.0 Å². The van der Waals surface area contributed by atoms with Crippen LogP contribution in [0, 0.1) is 25.7 Å². The second-order valence-electron chi connectivity index (χ2n) is 6.29. The van der Waals surface area contributed by atoms with E-state index in [4.69, 9.17) is 0 Å². The second kappa shape index (κ2) is 5.51. The summed E-state index contributed by atoms with van der Waals surface area (Å²) in [5, 5.41) is 2.92. The van der Waals surface area contributed by atoms with Gasteiger partial charge in [-0.2, -0.15) is 0 Å². The fourth-order valence-corrected chi connectivity index (χ4v) is 2.76. The maximum absolute atomic E-state index is 12.5. The maximum atomic E-state index is 12.5. The molecule has 1 aromatic rings. The van der Waals surface area contributed by atoms with Crippen LogP contribution in [-0.4, -0.2) is 24.9 Å². The van der Waals surface area contributed by atoms with Gasteiger partial charge in [-0.05, 0) is 62.3 Å². The monoisotopic (exact) mass is 286 g/mol. The van der Waals surface area contributed by atoms with E-state index in [0.717, 1.165) is 12.2 Å². The number of anilines is 1. The van der Waals surface area contributed by atoms with E-state index in [1.54, 1.807) is 4.90 Å². The summed E-state index contributed by atoms with van der Waals surface area (Å²) in [4.78, 5) is 26.3. The molecule has 3 rings (SSSR count). The van der Waals surface area contributed by atoms with Crippen molar-refractivity contribution in [1.29, 1.82) is 0 Å². The van der Waals surface area contributed by atoms with Gasteiger partial charge in [0.25, 0.3) is 0 Å². The number of carbonyl (C=O) groups excluding carboxylic acids is 2. The molecule has 4 nitrogen and oxygen atoms in total. The molecule has 1 N–H and O–H groups in total. The Kier molecular flexibility index (Phi) is 3.70. The van der Waals surface area contributed by atoms with E-state index in [-0.39, 0.29) is 11.8 Å². The lowest BCUT2D eigenvalue weighted by Crippen LogP contribution is -2.37. The number of nitrogens with one attached hydrogen (secondary N) is 1. The van der Waals surface area contributed by atoms with Gasteiger partial charge < -0.3 is 10.2 Å². The van der Waals surface area contributed by atoms with Crippen molar-refractivity contribution in [2.45, 2.75) is 33.1 Å². The minimum absolute atomic E-state index is 0.0634. The quantitative estimate of drug-likeness (QED) is 0.863. The molecule has 4 heteroatoms. The van der Waals surface area contributed by atoms with E-state index < -0.39 is 5.92 Å². The molecule has 2 amide bonds. The number of carbonyl (C=O) groups is 2. The molecular weight excluding hydrogens is 264 g/mol. The van der Waals surface area contributed by atoms with Crippen molar-refractivity contribution in [1.82, 2.24) is 5.32 Å². The Morgan fingerprint density at radius 2 is 2.00 bits per heavy atom. The molecule has 2 aliphatic rings. The minimum Gasteiger partial charge on any atom is -0.355 e. The fourth-order valence-electron chi connectivity index (χ4n) is 2.76. The first-order valence-corrected chi connectivity index (χ1v) is 7.72. The van der Waals surface area contributed by atoms with Gasteiger partial charge in [0.1, 0.15) is 5.92 Å². The third-order valence-electron chi connectivity index (χ3n) is 4.59. The summed E-state index contributed by atoms with van der Waals surface area (Å²) < 4.78 is 0. The van der Waals surface area contributed by atoms with Crippen LogP contribution in [0.1, 0.15) is 30.4 Å². The Bertz CT molecular complexity index is 578. The van der Waals surface area contributed by atoms with Crippen LogP contribution < -0.4 is 10.2 Å². The molecule has 1 heterocycles. The molecule has 21 heavy (non-hydrogen) atoms. The predicted molar refractivity (Wildman–Crippen MR) is 82.1 cm³/mol. The lowest BCUT2D eigenvalue weighted by Gasteiger charge is -2.18. The summed E-state index contributed by atoms with van der Waals surface area (Å²) in [6.45, 7) is 5.45. The van der Waals surface area contributed by atoms with Crippen LogP contribution >= 0.6 is 0 Å². The molecule has 1 aliphatic heterocycles. The van der Waals surface area contributed by atoms with E-state index in [1.807, 2.05) is 25.1 Å². The summed E-state index contributed by atoms with van der Waals surface area (Å²) in [5.74, 6) is -0.0311. The Hall–Kier alpha value is -1.84. The second-order valence-corrected chi connectivity index (χ2v) is 6.29. The van der Waals surface area contributed by atoms with Crippen molar-refractivity contribution in [3.05, 3.63) is 29.3 Å². The van der Waals surface area contributed by atoms with Crippen molar-refractivity contribution in [2.24, 2.45) is 11.8 Å². The van der Waals surface area contributed by atoms with Gasteiger partial charge >= 0.3 is 0 Å². The molecule has 0 radical (unpaired) electrons. The topological polar surface area (TPSA) is 49.4 Å². The van der Waals surface area contributed by atoms with E-state index in [0.29, 0.717) is 18.9 Å². The van der Waals surface area contributed by atoms with Crippen molar-refractivity contribution in [3.63, 3.8) is 0 Å². The molecule has 112 valence electrons. The van der Waals surface area contributed by atoms with Gasteiger partial charge in [-0.25, -0.2) is 0 Å². The molecule has 2 fully saturated rings. The third-order valence-corrected chi connectivity index (χ3v) is 4.59. The van der Waals surface area contributed by atoms with Crippen molar-refractivity contribution >= 4 is 17.5 Å². The summed E-state index contributed by atoms with van der Waals surface area (Å²) in [7, 11) is 0. The fraction of sp³-hybridized carbons (Fsp3) is 0.529. The number of hydrogen-bond acceptors (Lipinski definition) is 2. The van der Waals surface area contributed by atoms with Crippen LogP contribution in [-0.2, 0) is 9.59 Å². The first-order valence-electron chi connectivity index (χ1n) is 7.72. The lowest BCUT2D eigenvalue weighted by atomic mass is 10.1. The van der Waals surface area contributed by atoms with E-state index in [2.05, 4.69) is 12.2 Å². The average Bonchev–Trinajstić information content (AvgIpc) is 3.21. The molecule has 1 aliphatic carbocycles. The number of hydrogen-bond donors (Lipinski definition) is 1. The standard InChI is InChI=1S/C17H22N2O2/c1-11-3-6-14(9-12(11)2)19-8-7-15(17(19)21)16(20)18-10-13-4-5-13/h3,6,9,13,15H,4-5,7-8,10H2,1-2H3,(H,18,20). The van der Waals surface area contributed by atoms with Crippen LogP contribution in [0.15, 0.2) is 18.2 Å². The Balaban J connectivity index is 1.67. The molecule has 1 atom stereocenters. The van der Waals surface area contributed by atoms with E-state index in [9.17, 15) is 9.59 Å². The highest BCUT2D eigenvalue weighted by atomic mass is 16.2. The minimum atomic E-state index is -0.509. The van der Waals surface area contributed by atoms with Crippen molar-refractivity contribution < 1.29 is 9.59 Å². The van der Waals surface area contributed by atoms with Crippen molar-refractivity contribution in [2.75, 3.05) is 18.0 Å². The van der Waals surface area contributed by atoms with Gasteiger partial charge in [-0.3, -0.25) is 9.59 Å². The number of rotatable bonds is 4. The molecule has 1 aromatic carbocycles. The zero-order valence-corrected chi connectivity index (χ0v) is 12.7. The Morgan fingerprint density at radius 1 is 1.24 bits per heavy atom.